The molecule has 23 heavy (non-hydrogen) atoms. The van der Waals surface area contributed by atoms with Crippen molar-refractivity contribution in [2.45, 2.75) is 51.1 Å². The number of aromatic nitrogens is 2. The number of aliphatic imine (C=N–C) groups is 1. The molecule has 0 spiro atoms. The first-order valence-corrected chi connectivity index (χ1v) is 8.45. The summed E-state index contributed by atoms with van der Waals surface area (Å²) in [5, 5.41) is 3.39. The quantitative estimate of drug-likeness (QED) is 0.518. The summed E-state index contributed by atoms with van der Waals surface area (Å²) in [6, 6.07) is 8.68. The Labute approximate surface area is 137 Å². The summed E-state index contributed by atoms with van der Waals surface area (Å²) in [5.41, 5.74) is 8.32. The minimum absolute atomic E-state index is 0.477. The second-order valence-electron chi connectivity index (χ2n) is 6.13. The van der Waals surface area contributed by atoms with Crippen LogP contribution < -0.4 is 11.1 Å². The maximum Gasteiger partial charge on any atom is 0.189 e. The van der Waals surface area contributed by atoms with Crippen molar-refractivity contribution in [3.05, 3.63) is 48.5 Å². The molecule has 1 aromatic heterocycles. The molecule has 5 heteroatoms. The van der Waals surface area contributed by atoms with E-state index in [1.54, 1.807) is 12.5 Å². The molecule has 1 aromatic carbocycles. The number of imidazole rings is 1. The lowest BCUT2D eigenvalue weighted by Gasteiger charge is -2.17. The SMILES string of the molecule is NC(=NCc1ccccc1-n1ccnc1)NC1CCCCCC1. The van der Waals surface area contributed by atoms with E-state index in [9.17, 15) is 0 Å². The van der Waals surface area contributed by atoms with E-state index < -0.39 is 0 Å². The van der Waals surface area contributed by atoms with Gasteiger partial charge in [0.2, 0.25) is 0 Å². The molecule has 1 aliphatic rings. The molecule has 3 rings (SSSR count). The van der Waals surface area contributed by atoms with Crippen LogP contribution in [0.1, 0.15) is 44.1 Å². The lowest BCUT2D eigenvalue weighted by Crippen LogP contribution is -2.39. The summed E-state index contributed by atoms with van der Waals surface area (Å²) in [4.78, 5) is 8.65. The van der Waals surface area contributed by atoms with Crippen LogP contribution in [0.25, 0.3) is 5.69 Å². The van der Waals surface area contributed by atoms with E-state index in [0.717, 1.165) is 11.3 Å². The van der Waals surface area contributed by atoms with E-state index in [1.165, 1.54) is 38.5 Å². The minimum atomic E-state index is 0.477. The summed E-state index contributed by atoms with van der Waals surface area (Å²) >= 11 is 0. The van der Waals surface area contributed by atoms with Gasteiger partial charge in [0.25, 0.3) is 0 Å². The third-order valence-electron chi connectivity index (χ3n) is 4.40. The number of para-hydroxylation sites is 1. The molecule has 0 radical (unpaired) electrons. The summed E-state index contributed by atoms with van der Waals surface area (Å²) in [7, 11) is 0. The Hall–Kier alpha value is -2.30. The second kappa shape index (κ2) is 7.81. The van der Waals surface area contributed by atoms with Crippen molar-refractivity contribution >= 4 is 5.96 Å². The van der Waals surface area contributed by atoms with Crippen molar-refractivity contribution in [3.63, 3.8) is 0 Å². The third kappa shape index (κ3) is 4.34. The van der Waals surface area contributed by atoms with Gasteiger partial charge in [-0.2, -0.15) is 0 Å². The van der Waals surface area contributed by atoms with Crippen LogP contribution in [0.3, 0.4) is 0 Å². The predicted molar refractivity (Wildman–Crippen MR) is 93.5 cm³/mol. The highest BCUT2D eigenvalue weighted by atomic mass is 15.1. The molecule has 0 bridgehead atoms. The lowest BCUT2D eigenvalue weighted by molar-refractivity contribution is 0.530. The molecule has 1 heterocycles. The number of rotatable bonds is 4. The monoisotopic (exact) mass is 311 g/mol. The van der Waals surface area contributed by atoms with Gasteiger partial charge in [-0.25, -0.2) is 9.98 Å². The molecule has 5 nitrogen and oxygen atoms in total. The standard InChI is InChI=1S/C18H25N5/c19-18(22-16-8-3-1-2-4-9-16)21-13-15-7-5-6-10-17(15)23-12-11-20-14-23/h5-7,10-12,14,16H,1-4,8-9,13H2,(H3,19,21,22). The van der Waals surface area contributed by atoms with Gasteiger partial charge < -0.3 is 15.6 Å². The molecule has 0 saturated heterocycles. The second-order valence-corrected chi connectivity index (χ2v) is 6.13. The molecular formula is C18H25N5. The third-order valence-corrected chi connectivity index (χ3v) is 4.40. The zero-order chi connectivity index (χ0) is 15.9. The van der Waals surface area contributed by atoms with Crippen molar-refractivity contribution in [1.82, 2.24) is 14.9 Å². The average Bonchev–Trinajstić information content (AvgIpc) is 2.99. The van der Waals surface area contributed by atoms with Crippen LogP contribution in [0, 0.1) is 0 Å². The molecular weight excluding hydrogens is 286 g/mol. The van der Waals surface area contributed by atoms with Crippen LogP contribution in [0.2, 0.25) is 0 Å². The van der Waals surface area contributed by atoms with Gasteiger partial charge >= 0.3 is 0 Å². The van der Waals surface area contributed by atoms with Crippen molar-refractivity contribution in [2.75, 3.05) is 0 Å². The van der Waals surface area contributed by atoms with Crippen molar-refractivity contribution in [2.24, 2.45) is 10.7 Å². The summed E-state index contributed by atoms with van der Waals surface area (Å²) < 4.78 is 2.00. The number of nitrogens with zero attached hydrogens (tertiary/aromatic N) is 3. The summed E-state index contributed by atoms with van der Waals surface area (Å²) in [5.74, 6) is 0.553. The first-order chi connectivity index (χ1) is 11.3. The number of nitrogens with two attached hydrogens (primary N) is 1. The number of guanidine groups is 1. The fraction of sp³-hybridized carbons (Fsp3) is 0.444. The number of hydrogen-bond donors (Lipinski definition) is 2. The molecule has 3 N–H and O–H groups in total. The molecule has 1 fully saturated rings. The first kappa shape index (κ1) is 15.6. The molecule has 1 aliphatic carbocycles. The molecule has 1 saturated carbocycles. The van der Waals surface area contributed by atoms with E-state index in [-0.39, 0.29) is 0 Å². The van der Waals surface area contributed by atoms with E-state index in [1.807, 2.05) is 22.9 Å². The Morgan fingerprint density at radius 1 is 1.22 bits per heavy atom. The summed E-state index contributed by atoms with van der Waals surface area (Å²) in [6.07, 6.45) is 13.2. The predicted octanol–water partition coefficient (Wildman–Crippen LogP) is 3.00. The highest BCUT2D eigenvalue weighted by Gasteiger charge is 2.12. The molecule has 2 aromatic rings. The molecule has 0 atom stereocenters. The Bertz CT molecular complexity index is 625. The fourth-order valence-corrected chi connectivity index (χ4v) is 3.15. The van der Waals surface area contributed by atoms with Crippen LogP contribution in [-0.4, -0.2) is 21.6 Å². The first-order valence-electron chi connectivity index (χ1n) is 8.45. The maximum absolute atomic E-state index is 6.09. The van der Waals surface area contributed by atoms with E-state index in [0.29, 0.717) is 18.5 Å². The number of benzene rings is 1. The summed E-state index contributed by atoms with van der Waals surface area (Å²) in [6.45, 7) is 0.569. The topological polar surface area (TPSA) is 68.2 Å². The minimum Gasteiger partial charge on any atom is -0.370 e. The average molecular weight is 311 g/mol. The Balaban J connectivity index is 1.65. The van der Waals surface area contributed by atoms with Gasteiger partial charge in [-0.3, -0.25) is 0 Å². The van der Waals surface area contributed by atoms with Crippen molar-refractivity contribution in [1.29, 1.82) is 0 Å². The van der Waals surface area contributed by atoms with E-state index >= 15 is 0 Å². The smallest absolute Gasteiger partial charge is 0.189 e. The van der Waals surface area contributed by atoms with Crippen molar-refractivity contribution < 1.29 is 0 Å². The molecule has 122 valence electrons. The van der Waals surface area contributed by atoms with Crippen LogP contribution in [-0.2, 0) is 6.54 Å². The Morgan fingerprint density at radius 3 is 2.74 bits per heavy atom. The highest BCUT2D eigenvalue weighted by molar-refractivity contribution is 5.78. The van der Waals surface area contributed by atoms with Gasteiger partial charge in [0, 0.05) is 18.4 Å². The van der Waals surface area contributed by atoms with Crippen LogP contribution in [0.4, 0.5) is 0 Å². The molecule has 0 unspecified atom stereocenters. The van der Waals surface area contributed by atoms with Crippen molar-refractivity contribution in [3.8, 4) is 5.69 Å². The molecule has 0 aliphatic heterocycles. The Morgan fingerprint density at radius 2 is 2.00 bits per heavy atom. The van der Waals surface area contributed by atoms with Gasteiger partial charge in [0.05, 0.1) is 18.6 Å². The highest BCUT2D eigenvalue weighted by Crippen LogP contribution is 2.17. The van der Waals surface area contributed by atoms with E-state index in [4.69, 9.17) is 5.73 Å². The van der Waals surface area contributed by atoms with Crippen LogP contribution in [0.5, 0.6) is 0 Å². The largest absolute Gasteiger partial charge is 0.370 e. The van der Waals surface area contributed by atoms with E-state index in [2.05, 4.69) is 27.4 Å². The number of nitrogens with one attached hydrogen (secondary N) is 1. The normalized spacial score (nSPS) is 17.0. The zero-order valence-electron chi connectivity index (χ0n) is 13.5. The van der Waals surface area contributed by atoms with Gasteiger partial charge in [-0.15, -0.1) is 0 Å². The van der Waals surface area contributed by atoms with Gasteiger partial charge in [-0.1, -0.05) is 43.9 Å². The lowest BCUT2D eigenvalue weighted by atomic mass is 10.1. The van der Waals surface area contributed by atoms with Crippen LogP contribution in [0.15, 0.2) is 48.0 Å². The number of hydrogen-bond acceptors (Lipinski definition) is 2. The fourth-order valence-electron chi connectivity index (χ4n) is 3.15. The van der Waals surface area contributed by atoms with Gasteiger partial charge in [-0.05, 0) is 24.5 Å². The molecule has 0 amide bonds. The van der Waals surface area contributed by atoms with Crippen LogP contribution >= 0.6 is 0 Å². The van der Waals surface area contributed by atoms with Gasteiger partial charge in [0.15, 0.2) is 5.96 Å². The maximum atomic E-state index is 6.09. The Kier molecular flexibility index (Phi) is 5.29. The van der Waals surface area contributed by atoms with Gasteiger partial charge in [0.1, 0.15) is 0 Å². The zero-order valence-corrected chi connectivity index (χ0v) is 13.5.